The molecule has 0 bridgehead atoms. The number of nitrogens with zero attached hydrogens (tertiary/aromatic N) is 3. The van der Waals surface area contributed by atoms with Gasteiger partial charge >= 0.3 is 6.09 Å². The van der Waals surface area contributed by atoms with Gasteiger partial charge in [0.1, 0.15) is 12.1 Å². The van der Waals surface area contributed by atoms with E-state index in [1.807, 2.05) is 67.6 Å². The number of hydrogen-bond acceptors (Lipinski definition) is 6. The molecule has 214 valence electrons. The average molecular weight is 551 g/mol. The van der Waals surface area contributed by atoms with Crippen molar-refractivity contribution in [2.45, 2.75) is 70.9 Å². The number of hydrogen-bond donors (Lipinski definition) is 1. The second kappa shape index (κ2) is 14.3. The maximum Gasteiger partial charge on any atom is 0.435 e. The van der Waals surface area contributed by atoms with E-state index in [1.165, 1.54) is 9.80 Å². The van der Waals surface area contributed by atoms with Gasteiger partial charge < -0.3 is 15.5 Å². The number of nitrogens with two attached hydrogens (primary N) is 1. The van der Waals surface area contributed by atoms with Crippen molar-refractivity contribution < 1.29 is 28.8 Å². The zero-order valence-corrected chi connectivity index (χ0v) is 23.3. The third-order valence-electron chi connectivity index (χ3n) is 7.21. The summed E-state index contributed by atoms with van der Waals surface area (Å²) in [7, 11) is 0. The summed E-state index contributed by atoms with van der Waals surface area (Å²) < 4.78 is 0. The minimum Gasteiger partial charge on any atom is -0.368 e. The number of benzene rings is 2. The molecule has 0 spiro atoms. The summed E-state index contributed by atoms with van der Waals surface area (Å²) in [5, 5.41) is 0.465. The van der Waals surface area contributed by atoms with Crippen LogP contribution in [0.25, 0.3) is 0 Å². The molecule has 10 heteroatoms. The minimum absolute atomic E-state index is 0.0382. The highest BCUT2D eigenvalue weighted by Crippen LogP contribution is 2.29. The highest BCUT2D eigenvalue weighted by atomic mass is 16.7. The Labute approximate surface area is 235 Å². The first kappa shape index (κ1) is 30.3. The largest absolute Gasteiger partial charge is 0.435 e. The fourth-order valence-electron chi connectivity index (χ4n) is 4.75. The topological polar surface area (TPSA) is 130 Å². The molecular formula is C30H38N4O6. The quantitative estimate of drug-likeness (QED) is 0.379. The monoisotopic (exact) mass is 550 g/mol. The number of unbranched alkanes of at least 4 members (excludes halogenated alkanes) is 1. The molecule has 2 unspecified atom stereocenters. The van der Waals surface area contributed by atoms with Gasteiger partial charge in [0.25, 0.3) is 11.8 Å². The summed E-state index contributed by atoms with van der Waals surface area (Å²) in [6.45, 7) is 5.39. The van der Waals surface area contributed by atoms with Gasteiger partial charge in [-0.2, -0.15) is 0 Å². The third kappa shape index (κ3) is 7.46. The number of imide groups is 1. The summed E-state index contributed by atoms with van der Waals surface area (Å²) in [6, 6.07) is 17.8. The van der Waals surface area contributed by atoms with Gasteiger partial charge in [-0.15, -0.1) is 5.06 Å². The molecular weight excluding hydrogens is 512 g/mol. The normalized spacial score (nSPS) is 14.7. The Morgan fingerprint density at radius 2 is 1.38 bits per heavy atom. The lowest BCUT2D eigenvalue weighted by atomic mass is 9.88. The molecule has 2 aromatic carbocycles. The van der Waals surface area contributed by atoms with Crippen LogP contribution in [-0.4, -0.2) is 69.8 Å². The van der Waals surface area contributed by atoms with E-state index < -0.39 is 41.8 Å². The van der Waals surface area contributed by atoms with Crippen LogP contribution in [0.15, 0.2) is 60.7 Å². The molecule has 1 fully saturated rings. The highest BCUT2D eigenvalue weighted by Gasteiger charge is 2.38. The zero-order chi connectivity index (χ0) is 29.2. The summed E-state index contributed by atoms with van der Waals surface area (Å²) in [4.78, 5) is 71.0. The van der Waals surface area contributed by atoms with Crippen molar-refractivity contribution in [3.63, 3.8) is 0 Å². The summed E-state index contributed by atoms with van der Waals surface area (Å²) >= 11 is 0. The Kier molecular flexibility index (Phi) is 10.8. The zero-order valence-electron chi connectivity index (χ0n) is 23.3. The minimum atomic E-state index is -1.04. The van der Waals surface area contributed by atoms with E-state index in [-0.39, 0.29) is 31.8 Å². The van der Waals surface area contributed by atoms with Crippen LogP contribution in [0, 0.1) is 0 Å². The lowest BCUT2D eigenvalue weighted by molar-refractivity contribution is -0.174. The Morgan fingerprint density at radius 3 is 1.85 bits per heavy atom. The smallest absolute Gasteiger partial charge is 0.368 e. The number of rotatable bonds is 13. The molecule has 10 nitrogen and oxygen atoms in total. The number of hydroxylamine groups is 2. The first-order chi connectivity index (χ1) is 19.1. The second-order valence-electron chi connectivity index (χ2n) is 9.93. The van der Waals surface area contributed by atoms with Crippen molar-refractivity contribution in [3.05, 3.63) is 71.8 Å². The van der Waals surface area contributed by atoms with Gasteiger partial charge in [0.15, 0.2) is 0 Å². The molecule has 5 amide bonds. The summed E-state index contributed by atoms with van der Waals surface area (Å²) in [5.41, 5.74) is 7.77. The molecule has 1 aliphatic heterocycles. The van der Waals surface area contributed by atoms with Gasteiger partial charge in [-0.05, 0) is 37.8 Å². The third-order valence-corrected chi connectivity index (χ3v) is 7.21. The van der Waals surface area contributed by atoms with Crippen LogP contribution in [0.2, 0.25) is 0 Å². The van der Waals surface area contributed by atoms with E-state index in [0.717, 1.165) is 17.5 Å². The Hall–Kier alpha value is -4.21. The van der Waals surface area contributed by atoms with Gasteiger partial charge in [-0.25, -0.2) is 4.79 Å². The van der Waals surface area contributed by atoms with Crippen molar-refractivity contribution in [2.75, 3.05) is 13.1 Å². The predicted molar refractivity (Wildman–Crippen MR) is 148 cm³/mol. The number of amides is 5. The van der Waals surface area contributed by atoms with E-state index in [9.17, 15) is 24.0 Å². The van der Waals surface area contributed by atoms with Crippen LogP contribution in [0.4, 0.5) is 4.79 Å². The average Bonchev–Trinajstić information content (AvgIpc) is 3.27. The SMILES string of the molecule is CCCCN(C(=O)ON1C(=O)CCC1=O)C(C)C(=O)N(CCC(c1ccccc1)c1ccccc1)C(C)C(N)=O. The summed E-state index contributed by atoms with van der Waals surface area (Å²) in [5.74, 6) is -2.43. The molecule has 2 aromatic rings. The maximum atomic E-state index is 13.9. The molecule has 1 heterocycles. The van der Waals surface area contributed by atoms with Crippen molar-refractivity contribution in [1.82, 2.24) is 14.9 Å². The van der Waals surface area contributed by atoms with Crippen LogP contribution in [0.5, 0.6) is 0 Å². The lowest BCUT2D eigenvalue weighted by Crippen LogP contribution is -2.55. The predicted octanol–water partition coefficient (Wildman–Crippen LogP) is 3.60. The first-order valence-corrected chi connectivity index (χ1v) is 13.7. The van der Waals surface area contributed by atoms with Crippen molar-refractivity contribution >= 4 is 29.7 Å². The Bertz CT molecular complexity index is 1130. The first-order valence-electron chi connectivity index (χ1n) is 13.7. The molecule has 0 aliphatic carbocycles. The van der Waals surface area contributed by atoms with Gasteiger partial charge in [0, 0.05) is 31.8 Å². The highest BCUT2D eigenvalue weighted by molar-refractivity contribution is 6.01. The van der Waals surface area contributed by atoms with Gasteiger partial charge in [-0.3, -0.25) is 24.1 Å². The molecule has 0 saturated carbocycles. The van der Waals surface area contributed by atoms with Gasteiger partial charge in [0.05, 0.1) is 0 Å². The molecule has 2 N–H and O–H groups in total. The fourth-order valence-corrected chi connectivity index (χ4v) is 4.75. The van der Waals surface area contributed by atoms with Crippen LogP contribution in [0.3, 0.4) is 0 Å². The van der Waals surface area contributed by atoms with Gasteiger partial charge in [-0.1, -0.05) is 74.0 Å². The molecule has 1 saturated heterocycles. The van der Waals surface area contributed by atoms with E-state index >= 15 is 0 Å². The Balaban J connectivity index is 1.85. The second-order valence-corrected chi connectivity index (χ2v) is 9.93. The molecule has 1 aliphatic rings. The van der Waals surface area contributed by atoms with Crippen LogP contribution < -0.4 is 5.73 Å². The standard InChI is InChI=1S/C30H38N4O6/c1-4-5-19-33(30(39)40-34-26(35)16-17-27(34)36)22(3)29(38)32(21(2)28(31)37)20-18-25(23-12-8-6-9-13-23)24-14-10-7-11-15-24/h6-15,21-22,25H,4-5,16-20H2,1-3H3,(H2,31,37). The molecule has 3 rings (SSSR count). The van der Waals surface area contributed by atoms with Crippen molar-refractivity contribution in [3.8, 4) is 0 Å². The van der Waals surface area contributed by atoms with Crippen molar-refractivity contribution in [2.24, 2.45) is 5.73 Å². The summed E-state index contributed by atoms with van der Waals surface area (Å²) in [6.07, 6.45) is 0.733. The molecule has 40 heavy (non-hydrogen) atoms. The number of primary amides is 1. The van der Waals surface area contributed by atoms with E-state index in [0.29, 0.717) is 17.9 Å². The van der Waals surface area contributed by atoms with Crippen LogP contribution >= 0.6 is 0 Å². The fraction of sp³-hybridized carbons (Fsp3) is 0.433. The van der Waals surface area contributed by atoms with Crippen LogP contribution in [-0.2, 0) is 24.0 Å². The van der Waals surface area contributed by atoms with E-state index in [4.69, 9.17) is 10.6 Å². The molecule has 2 atom stereocenters. The number of carbonyl (C=O) groups is 5. The molecule has 0 aromatic heterocycles. The maximum absolute atomic E-state index is 13.9. The van der Waals surface area contributed by atoms with E-state index in [1.54, 1.807) is 13.8 Å². The van der Waals surface area contributed by atoms with Crippen molar-refractivity contribution in [1.29, 1.82) is 0 Å². The van der Waals surface area contributed by atoms with Crippen LogP contribution in [0.1, 0.15) is 69.9 Å². The Morgan fingerprint density at radius 1 is 0.850 bits per heavy atom. The van der Waals surface area contributed by atoms with E-state index in [2.05, 4.69) is 0 Å². The lowest BCUT2D eigenvalue weighted by Gasteiger charge is -2.35. The molecule has 0 radical (unpaired) electrons. The number of carbonyl (C=O) groups excluding carboxylic acids is 5. The van der Waals surface area contributed by atoms with Gasteiger partial charge in [0.2, 0.25) is 11.8 Å².